The molecule has 1 unspecified atom stereocenters. The van der Waals surface area contributed by atoms with E-state index in [1.807, 2.05) is 19.9 Å². The van der Waals surface area contributed by atoms with E-state index in [0.717, 1.165) is 30.2 Å². The molecule has 1 aliphatic heterocycles. The molecule has 1 fully saturated rings. The van der Waals surface area contributed by atoms with Gasteiger partial charge < -0.3 is 10.2 Å². The van der Waals surface area contributed by atoms with Crippen molar-refractivity contribution in [1.29, 1.82) is 5.26 Å². The summed E-state index contributed by atoms with van der Waals surface area (Å²) in [6, 6.07) is 5.27. The van der Waals surface area contributed by atoms with Gasteiger partial charge in [0.25, 0.3) is 0 Å². The quantitative estimate of drug-likeness (QED) is 0.924. The molecule has 0 radical (unpaired) electrons. The Labute approximate surface area is 128 Å². The fourth-order valence-electron chi connectivity index (χ4n) is 3.08. The van der Waals surface area contributed by atoms with Crippen LogP contribution in [0.4, 0.5) is 5.69 Å². The standard InChI is InChI=1S/C17H26N4/c1-12(2)21(11-15-7-5-6-8-19-15)17-9-13(3)20-14(4)16(17)10-18/h9,12,15,19H,5-8,11H2,1-4H3. The van der Waals surface area contributed by atoms with Gasteiger partial charge in [-0.2, -0.15) is 5.26 Å². The first-order valence-electron chi connectivity index (χ1n) is 7.91. The smallest absolute Gasteiger partial charge is 0.103 e. The van der Waals surface area contributed by atoms with Crippen LogP contribution in [0.1, 0.15) is 50.1 Å². The second-order valence-corrected chi connectivity index (χ2v) is 6.25. The molecular formula is C17H26N4. The van der Waals surface area contributed by atoms with Crippen LogP contribution in [0.5, 0.6) is 0 Å². The molecular weight excluding hydrogens is 260 g/mol. The number of rotatable bonds is 4. The van der Waals surface area contributed by atoms with Gasteiger partial charge in [-0.1, -0.05) is 6.42 Å². The molecule has 0 spiro atoms. The minimum absolute atomic E-state index is 0.363. The molecule has 2 heterocycles. The van der Waals surface area contributed by atoms with Gasteiger partial charge in [-0.05, 0) is 53.1 Å². The van der Waals surface area contributed by atoms with Crippen molar-refractivity contribution in [3.05, 3.63) is 23.0 Å². The SMILES string of the molecule is Cc1cc(N(CC2CCCCN2)C(C)C)c(C#N)c(C)n1. The molecule has 2 rings (SSSR count). The first kappa shape index (κ1) is 15.8. The minimum atomic E-state index is 0.363. The zero-order valence-electron chi connectivity index (χ0n) is 13.6. The van der Waals surface area contributed by atoms with Crippen LogP contribution in [0.2, 0.25) is 0 Å². The van der Waals surface area contributed by atoms with E-state index in [4.69, 9.17) is 0 Å². The van der Waals surface area contributed by atoms with Crippen molar-refractivity contribution in [1.82, 2.24) is 10.3 Å². The number of pyridine rings is 1. The lowest BCUT2D eigenvalue weighted by atomic mass is 10.0. The summed E-state index contributed by atoms with van der Waals surface area (Å²) in [5, 5.41) is 13.1. The van der Waals surface area contributed by atoms with E-state index in [1.54, 1.807) is 0 Å². The molecule has 114 valence electrons. The van der Waals surface area contributed by atoms with Crippen molar-refractivity contribution in [3.63, 3.8) is 0 Å². The van der Waals surface area contributed by atoms with Gasteiger partial charge in [0.1, 0.15) is 6.07 Å². The topological polar surface area (TPSA) is 52.0 Å². The molecule has 1 atom stereocenters. The second kappa shape index (κ2) is 6.91. The van der Waals surface area contributed by atoms with Crippen molar-refractivity contribution in [2.75, 3.05) is 18.0 Å². The summed E-state index contributed by atoms with van der Waals surface area (Å²) >= 11 is 0. The Morgan fingerprint density at radius 3 is 2.76 bits per heavy atom. The number of aromatic nitrogens is 1. The second-order valence-electron chi connectivity index (χ2n) is 6.25. The van der Waals surface area contributed by atoms with Crippen LogP contribution < -0.4 is 10.2 Å². The average Bonchev–Trinajstić information content (AvgIpc) is 2.45. The molecule has 1 saturated heterocycles. The number of hydrogen-bond donors (Lipinski definition) is 1. The van der Waals surface area contributed by atoms with E-state index in [9.17, 15) is 5.26 Å². The van der Waals surface area contributed by atoms with E-state index < -0.39 is 0 Å². The molecule has 0 saturated carbocycles. The van der Waals surface area contributed by atoms with Crippen LogP contribution >= 0.6 is 0 Å². The maximum absolute atomic E-state index is 9.49. The zero-order valence-corrected chi connectivity index (χ0v) is 13.6. The first-order valence-corrected chi connectivity index (χ1v) is 7.91. The van der Waals surface area contributed by atoms with Crippen LogP contribution in [0.25, 0.3) is 0 Å². The number of nitrogens with one attached hydrogen (secondary N) is 1. The molecule has 0 aromatic carbocycles. The summed E-state index contributed by atoms with van der Waals surface area (Å²) in [6.07, 6.45) is 3.78. The van der Waals surface area contributed by atoms with Gasteiger partial charge in [0.15, 0.2) is 0 Å². The van der Waals surface area contributed by atoms with E-state index >= 15 is 0 Å². The summed E-state index contributed by atoms with van der Waals surface area (Å²) in [4.78, 5) is 6.78. The van der Waals surface area contributed by atoms with E-state index in [0.29, 0.717) is 17.6 Å². The minimum Gasteiger partial charge on any atom is -0.366 e. The average molecular weight is 286 g/mol. The third-order valence-electron chi connectivity index (χ3n) is 4.18. The van der Waals surface area contributed by atoms with Crippen molar-refractivity contribution >= 4 is 5.69 Å². The molecule has 0 bridgehead atoms. The number of piperidine rings is 1. The molecule has 4 heteroatoms. The van der Waals surface area contributed by atoms with Crippen LogP contribution in [-0.2, 0) is 0 Å². The van der Waals surface area contributed by atoms with Gasteiger partial charge in [0.05, 0.1) is 16.9 Å². The number of nitriles is 1. The highest BCUT2D eigenvalue weighted by atomic mass is 15.2. The lowest BCUT2D eigenvalue weighted by Crippen LogP contribution is -2.46. The van der Waals surface area contributed by atoms with Crippen molar-refractivity contribution in [3.8, 4) is 6.07 Å². The number of nitrogens with zero attached hydrogens (tertiary/aromatic N) is 3. The monoisotopic (exact) mass is 286 g/mol. The summed E-state index contributed by atoms with van der Waals surface area (Å²) in [6.45, 7) is 10.4. The van der Waals surface area contributed by atoms with Crippen molar-refractivity contribution < 1.29 is 0 Å². The number of anilines is 1. The van der Waals surface area contributed by atoms with Gasteiger partial charge >= 0.3 is 0 Å². The van der Waals surface area contributed by atoms with E-state index in [2.05, 4.69) is 35.1 Å². The van der Waals surface area contributed by atoms with Crippen molar-refractivity contribution in [2.45, 2.75) is 59.0 Å². The maximum Gasteiger partial charge on any atom is 0.103 e. The molecule has 1 N–H and O–H groups in total. The van der Waals surface area contributed by atoms with Crippen LogP contribution in [0.15, 0.2) is 6.07 Å². The van der Waals surface area contributed by atoms with E-state index in [1.165, 1.54) is 19.3 Å². The fourth-order valence-corrected chi connectivity index (χ4v) is 3.08. The number of hydrogen-bond acceptors (Lipinski definition) is 4. The van der Waals surface area contributed by atoms with Crippen LogP contribution in [-0.4, -0.2) is 30.2 Å². The highest BCUT2D eigenvalue weighted by Gasteiger charge is 2.22. The third kappa shape index (κ3) is 3.74. The third-order valence-corrected chi connectivity index (χ3v) is 4.18. The van der Waals surface area contributed by atoms with Gasteiger partial charge in [-0.25, -0.2) is 0 Å². The van der Waals surface area contributed by atoms with Gasteiger partial charge in [0, 0.05) is 24.3 Å². The molecule has 0 amide bonds. The fraction of sp³-hybridized carbons (Fsp3) is 0.647. The lowest BCUT2D eigenvalue weighted by Gasteiger charge is -2.35. The Balaban J connectivity index is 2.31. The highest BCUT2D eigenvalue weighted by Crippen LogP contribution is 2.26. The Morgan fingerprint density at radius 1 is 1.43 bits per heavy atom. The summed E-state index contributed by atoms with van der Waals surface area (Å²) in [5.74, 6) is 0. The van der Waals surface area contributed by atoms with Gasteiger partial charge in [-0.3, -0.25) is 4.98 Å². The van der Waals surface area contributed by atoms with Gasteiger partial charge in [-0.15, -0.1) is 0 Å². The molecule has 0 aliphatic carbocycles. The molecule has 4 nitrogen and oxygen atoms in total. The van der Waals surface area contributed by atoms with Gasteiger partial charge in [0.2, 0.25) is 0 Å². The maximum atomic E-state index is 9.49. The first-order chi connectivity index (χ1) is 10.0. The number of aryl methyl sites for hydroxylation is 2. The largest absolute Gasteiger partial charge is 0.366 e. The highest BCUT2D eigenvalue weighted by molar-refractivity contribution is 5.62. The Morgan fingerprint density at radius 2 is 2.19 bits per heavy atom. The lowest BCUT2D eigenvalue weighted by molar-refractivity contribution is 0.393. The summed E-state index contributed by atoms with van der Waals surface area (Å²) in [5.41, 5.74) is 3.55. The zero-order chi connectivity index (χ0) is 15.4. The predicted octanol–water partition coefficient (Wildman–Crippen LogP) is 2.93. The molecule has 1 aromatic rings. The van der Waals surface area contributed by atoms with Crippen LogP contribution in [0, 0.1) is 25.2 Å². The van der Waals surface area contributed by atoms with Crippen molar-refractivity contribution in [2.24, 2.45) is 0 Å². The Kier molecular flexibility index (Phi) is 5.19. The Bertz CT molecular complexity index is 524. The normalized spacial score (nSPS) is 18.6. The Hall–Kier alpha value is -1.60. The van der Waals surface area contributed by atoms with E-state index in [-0.39, 0.29) is 0 Å². The van der Waals surface area contributed by atoms with Crippen LogP contribution in [0.3, 0.4) is 0 Å². The predicted molar refractivity (Wildman–Crippen MR) is 86.5 cm³/mol. The summed E-state index contributed by atoms with van der Waals surface area (Å²) in [7, 11) is 0. The summed E-state index contributed by atoms with van der Waals surface area (Å²) < 4.78 is 0. The molecule has 21 heavy (non-hydrogen) atoms. The molecule has 1 aliphatic rings. The molecule has 1 aromatic heterocycles.